The van der Waals surface area contributed by atoms with E-state index in [1.807, 2.05) is 0 Å². The number of aliphatic hydroxyl groups excluding tert-OH is 1. The number of anilines is 1. The molecule has 2 heteroatoms. The lowest BCUT2D eigenvalue weighted by atomic mass is 10.0. The van der Waals surface area contributed by atoms with Crippen LogP contribution in [0.15, 0.2) is 12.1 Å². The summed E-state index contributed by atoms with van der Waals surface area (Å²) in [4.78, 5) is 0. The van der Waals surface area contributed by atoms with Crippen LogP contribution >= 0.6 is 0 Å². The first-order valence-corrected chi connectivity index (χ1v) is 5.58. The molecule has 84 valence electrons. The molecule has 0 aliphatic heterocycles. The number of benzene rings is 1. The second-order valence-electron chi connectivity index (χ2n) is 4.04. The van der Waals surface area contributed by atoms with Crippen molar-refractivity contribution in [1.82, 2.24) is 0 Å². The molecule has 2 N–H and O–H groups in total. The summed E-state index contributed by atoms with van der Waals surface area (Å²) < 4.78 is 0. The summed E-state index contributed by atoms with van der Waals surface area (Å²) in [6.07, 6.45) is 1.89. The molecule has 0 amide bonds. The number of aliphatic hydroxyl groups is 1. The van der Waals surface area contributed by atoms with E-state index >= 15 is 0 Å². The molecule has 0 atom stereocenters. The predicted octanol–water partition coefficient (Wildman–Crippen LogP) is 2.80. The van der Waals surface area contributed by atoms with Crippen molar-refractivity contribution in [3.05, 3.63) is 28.8 Å². The summed E-state index contributed by atoms with van der Waals surface area (Å²) in [5.74, 6) is 0. The summed E-state index contributed by atoms with van der Waals surface area (Å²) in [5.41, 5.74) is 5.26. The Hall–Kier alpha value is -1.02. The van der Waals surface area contributed by atoms with E-state index in [9.17, 15) is 0 Å². The Balaban J connectivity index is 2.58. The van der Waals surface area contributed by atoms with E-state index in [1.165, 1.54) is 22.4 Å². The standard InChI is InChI=1S/C13H21NO/c1-10-6-7-13(12(3)11(10)2)14-8-4-5-9-15/h6-7,14-15H,4-5,8-9H2,1-3H3. The third-order valence-electron chi connectivity index (χ3n) is 2.96. The first-order valence-electron chi connectivity index (χ1n) is 5.58. The maximum absolute atomic E-state index is 8.67. The molecule has 1 rings (SSSR count). The van der Waals surface area contributed by atoms with Crippen LogP contribution in [0.5, 0.6) is 0 Å². The van der Waals surface area contributed by atoms with Crippen molar-refractivity contribution in [3.8, 4) is 0 Å². The molecule has 2 nitrogen and oxygen atoms in total. The van der Waals surface area contributed by atoms with Crippen molar-refractivity contribution in [3.63, 3.8) is 0 Å². The fourth-order valence-corrected chi connectivity index (χ4v) is 1.61. The van der Waals surface area contributed by atoms with Crippen LogP contribution in [0.3, 0.4) is 0 Å². The van der Waals surface area contributed by atoms with Gasteiger partial charge < -0.3 is 10.4 Å². The van der Waals surface area contributed by atoms with Gasteiger partial charge in [0, 0.05) is 18.8 Å². The lowest BCUT2D eigenvalue weighted by molar-refractivity contribution is 0.286. The lowest BCUT2D eigenvalue weighted by Gasteiger charge is -2.13. The van der Waals surface area contributed by atoms with Gasteiger partial charge in [-0.25, -0.2) is 0 Å². The van der Waals surface area contributed by atoms with Gasteiger partial charge in [0.1, 0.15) is 0 Å². The summed E-state index contributed by atoms with van der Waals surface area (Å²) in [6, 6.07) is 4.29. The van der Waals surface area contributed by atoms with Crippen molar-refractivity contribution < 1.29 is 5.11 Å². The lowest BCUT2D eigenvalue weighted by Crippen LogP contribution is -2.04. The zero-order chi connectivity index (χ0) is 11.3. The normalized spacial score (nSPS) is 10.4. The number of nitrogens with one attached hydrogen (secondary N) is 1. The minimum Gasteiger partial charge on any atom is -0.396 e. The molecule has 0 radical (unpaired) electrons. The van der Waals surface area contributed by atoms with Gasteiger partial charge in [0.2, 0.25) is 0 Å². The van der Waals surface area contributed by atoms with Gasteiger partial charge in [0.15, 0.2) is 0 Å². The van der Waals surface area contributed by atoms with E-state index in [1.54, 1.807) is 0 Å². The molecule has 0 aromatic heterocycles. The van der Waals surface area contributed by atoms with Crippen LogP contribution in [0.25, 0.3) is 0 Å². The average molecular weight is 207 g/mol. The number of unbranched alkanes of at least 4 members (excludes halogenated alkanes) is 1. The van der Waals surface area contributed by atoms with E-state index in [-0.39, 0.29) is 6.61 Å². The number of rotatable bonds is 5. The Labute approximate surface area is 92.3 Å². The topological polar surface area (TPSA) is 32.3 Å². The zero-order valence-corrected chi connectivity index (χ0v) is 9.93. The third-order valence-corrected chi connectivity index (χ3v) is 2.96. The van der Waals surface area contributed by atoms with E-state index in [2.05, 4.69) is 38.2 Å². The Kier molecular flexibility index (Phi) is 4.63. The van der Waals surface area contributed by atoms with Crippen LogP contribution in [0, 0.1) is 20.8 Å². The Bertz CT molecular complexity index is 321. The Morgan fingerprint density at radius 3 is 2.47 bits per heavy atom. The van der Waals surface area contributed by atoms with Gasteiger partial charge in [-0.3, -0.25) is 0 Å². The van der Waals surface area contributed by atoms with Crippen LogP contribution in [-0.2, 0) is 0 Å². The molecule has 1 aromatic rings. The van der Waals surface area contributed by atoms with Crippen molar-refractivity contribution in [1.29, 1.82) is 0 Å². The highest BCUT2D eigenvalue weighted by molar-refractivity contribution is 5.55. The SMILES string of the molecule is Cc1ccc(NCCCCO)c(C)c1C. The third kappa shape index (κ3) is 3.24. The van der Waals surface area contributed by atoms with Crippen LogP contribution < -0.4 is 5.32 Å². The molecule has 0 aliphatic carbocycles. The maximum Gasteiger partial charge on any atom is 0.0431 e. The highest BCUT2D eigenvalue weighted by Crippen LogP contribution is 2.21. The van der Waals surface area contributed by atoms with Crippen molar-refractivity contribution >= 4 is 5.69 Å². The van der Waals surface area contributed by atoms with Gasteiger partial charge in [-0.05, 0) is 56.4 Å². The van der Waals surface area contributed by atoms with Crippen LogP contribution in [-0.4, -0.2) is 18.3 Å². The van der Waals surface area contributed by atoms with E-state index in [0.717, 1.165) is 19.4 Å². The smallest absolute Gasteiger partial charge is 0.0431 e. The first kappa shape index (κ1) is 12.1. The van der Waals surface area contributed by atoms with Gasteiger partial charge in [-0.1, -0.05) is 6.07 Å². The van der Waals surface area contributed by atoms with E-state index < -0.39 is 0 Å². The number of aryl methyl sites for hydroxylation is 1. The van der Waals surface area contributed by atoms with E-state index in [4.69, 9.17) is 5.11 Å². The molecule has 0 unspecified atom stereocenters. The Morgan fingerprint density at radius 2 is 1.80 bits per heavy atom. The summed E-state index contributed by atoms with van der Waals surface area (Å²) in [6.45, 7) is 7.66. The van der Waals surface area contributed by atoms with Crippen LogP contribution in [0.4, 0.5) is 5.69 Å². The molecule has 0 aliphatic rings. The molecule has 1 aromatic carbocycles. The quantitative estimate of drug-likeness (QED) is 0.728. The molecule has 0 bridgehead atoms. The molecule has 0 fully saturated rings. The minimum absolute atomic E-state index is 0.285. The molecule has 0 heterocycles. The van der Waals surface area contributed by atoms with Crippen molar-refractivity contribution in [2.75, 3.05) is 18.5 Å². The molecule has 0 saturated heterocycles. The van der Waals surface area contributed by atoms with Gasteiger partial charge in [-0.15, -0.1) is 0 Å². The fraction of sp³-hybridized carbons (Fsp3) is 0.538. The summed E-state index contributed by atoms with van der Waals surface area (Å²) >= 11 is 0. The summed E-state index contributed by atoms with van der Waals surface area (Å²) in [5, 5.41) is 12.1. The van der Waals surface area contributed by atoms with Gasteiger partial charge in [0.25, 0.3) is 0 Å². The Morgan fingerprint density at radius 1 is 1.07 bits per heavy atom. The molecular weight excluding hydrogens is 186 g/mol. The van der Waals surface area contributed by atoms with Crippen LogP contribution in [0.1, 0.15) is 29.5 Å². The first-order chi connectivity index (χ1) is 7.16. The molecule has 15 heavy (non-hydrogen) atoms. The van der Waals surface area contributed by atoms with Crippen LogP contribution in [0.2, 0.25) is 0 Å². The van der Waals surface area contributed by atoms with E-state index in [0.29, 0.717) is 0 Å². The number of hydrogen-bond acceptors (Lipinski definition) is 2. The average Bonchev–Trinajstić information content (AvgIpc) is 2.24. The molecular formula is C13H21NO. The maximum atomic E-state index is 8.67. The highest BCUT2D eigenvalue weighted by Gasteiger charge is 2.02. The monoisotopic (exact) mass is 207 g/mol. The molecule has 0 saturated carbocycles. The number of hydrogen-bond donors (Lipinski definition) is 2. The minimum atomic E-state index is 0.285. The predicted molar refractivity (Wildman–Crippen MR) is 65.5 cm³/mol. The van der Waals surface area contributed by atoms with Gasteiger partial charge in [0.05, 0.1) is 0 Å². The highest BCUT2D eigenvalue weighted by atomic mass is 16.2. The summed E-state index contributed by atoms with van der Waals surface area (Å²) in [7, 11) is 0. The van der Waals surface area contributed by atoms with Gasteiger partial charge in [-0.2, -0.15) is 0 Å². The largest absolute Gasteiger partial charge is 0.396 e. The second-order valence-corrected chi connectivity index (χ2v) is 4.04. The second kappa shape index (κ2) is 5.76. The van der Waals surface area contributed by atoms with Crippen molar-refractivity contribution in [2.24, 2.45) is 0 Å². The van der Waals surface area contributed by atoms with Gasteiger partial charge >= 0.3 is 0 Å². The zero-order valence-electron chi connectivity index (χ0n) is 9.93. The van der Waals surface area contributed by atoms with Crippen molar-refractivity contribution in [2.45, 2.75) is 33.6 Å². The fourth-order valence-electron chi connectivity index (χ4n) is 1.61. The molecule has 0 spiro atoms.